The van der Waals surface area contributed by atoms with Gasteiger partial charge in [0.15, 0.2) is 0 Å². The largest absolute Gasteiger partial charge is 0.370 e. The van der Waals surface area contributed by atoms with Crippen LogP contribution in [0.15, 0.2) is 61.2 Å². The third-order valence-corrected chi connectivity index (χ3v) is 6.42. The Morgan fingerprint density at radius 1 is 0.971 bits per heavy atom. The molecule has 3 N–H and O–H groups in total. The number of rotatable bonds is 9. The molecule has 8 heteroatoms. The molecule has 4 rings (SSSR count). The van der Waals surface area contributed by atoms with Crippen molar-refractivity contribution in [3.63, 3.8) is 0 Å². The molecule has 3 aromatic heterocycles. The molecule has 0 bridgehead atoms. The van der Waals surface area contributed by atoms with E-state index in [1.807, 2.05) is 43.5 Å². The lowest BCUT2D eigenvalue weighted by atomic mass is 9.78. The van der Waals surface area contributed by atoms with Crippen LogP contribution in [0.3, 0.4) is 0 Å². The van der Waals surface area contributed by atoms with Crippen LogP contribution in [0.2, 0.25) is 0 Å². The summed E-state index contributed by atoms with van der Waals surface area (Å²) in [5, 5.41) is 10.3. The molecule has 0 unspecified atom stereocenters. The lowest BCUT2D eigenvalue weighted by Gasteiger charge is -2.30. The van der Waals surface area contributed by atoms with E-state index in [1.54, 1.807) is 25.6 Å². The summed E-state index contributed by atoms with van der Waals surface area (Å²) < 4.78 is 0. The zero-order chi connectivity index (χ0) is 24.8. The Morgan fingerprint density at radius 2 is 1.83 bits per heavy atom. The molecule has 0 spiro atoms. The van der Waals surface area contributed by atoms with E-state index < -0.39 is 0 Å². The van der Waals surface area contributed by atoms with E-state index in [4.69, 9.17) is 0 Å². The summed E-state index contributed by atoms with van der Waals surface area (Å²) in [6.45, 7) is 7.86. The van der Waals surface area contributed by atoms with Crippen molar-refractivity contribution in [1.29, 1.82) is 0 Å². The zero-order valence-corrected chi connectivity index (χ0v) is 20.6. The molecule has 35 heavy (non-hydrogen) atoms. The highest BCUT2D eigenvalue weighted by molar-refractivity contribution is 6.06. The molecule has 1 aromatic carbocycles. The monoisotopic (exact) mass is 469 g/mol. The molecule has 0 saturated heterocycles. The number of benzene rings is 1. The SMILES string of the molecule is CCNc1ccc(-c2cc(NC[C@@](C)(CC)c3cccc4c(C(=O)NC)ccnc34)ncn2)cn1. The van der Waals surface area contributed by atoms with Gasteiger partial charge in [-0.05, 0) is 37.1 Å². The summed E-state index contributed by atoms with van der Waals surface area (Å²) in [4.78, 5) is 30.3. The van der Waals surface area contributed by atoms with E-state index in [-0.39, 0.29) is 11.3 Å². The Morgan fingerprint density at radius 3 is 2.54 bits per heavy atom. The topological polar surface area (TPSA) is 105 Å². The number of pyridine rings is 2. The highest BCUT2D eigenvalue weighted by Crippen LogP contribution is 2.34. The molecule has 0 aliphatic heterocycles. The van der Waals surface area contributed by atoms with Crippen molar-refractivity contribution in [2.45, 2.75) is 32.6 Å². The number of amides is 1. The number of anilines is 2. The van der Waals surface area contributed by atoms with Gasteiger partial charge in [0.05, 0.1) is 16.8 Å². The number of hydrogen-bond acceptors (Lipinski definition) is 7. The van der Waals surface area contributed by atoms with Crippen molar-refractivity contribution in [3.8, 4) is 11.3 Å². The first-order valence-electron chi connectivity index (χ1n) is 11.9. The quantitative estimate of drug-likeness (QED) is 0.327. The van der Waals surface area contributed by atoms with Crippen LogP contribution in [0.4, 0.5) is 11.6 Å². The van der Waals surface area contributed by atoms with Gasteiger partial charge in [0.25, 0.3) is 5.91 Å². The van der Waals surface area contributed by atoms with Gasteiger partial charge in [0.1, 0.15) is 18.0 Å². The molecule has 4 aromatic rings. The smallest absolute Gasteiger partial charge is 0.251 e. The lowest BCUT2D eigenvalue weighted by Crippen LogP contribution is -2.31. The molecule has 0 saturated carbocycles. The van der Waals surface area contributed by atoms with Crippen molar-refractivity contribution in [1.82, 2.24) is 25.3 Å². The number of nitrogens with zero attached hydrogens (tertiary/aromatic N) is 4. The summed E-state index contributed by atoms with van der Waals surface area (Å²) in [7, 11) is 1.64. The van der Waals surface area contributed by atoms with Crippen LogP contribution in [0.1, 0.15) is 43.1 Å². The Kier molecular flexibility index (Phi) is 7.19. The van der Waals surface area contributed by atoms with Crippen molar-refractivity contribution < 1.29 is 4.79 Å². The van der Waals surface area contributed by atoms with Gasteiger partial charge >= 0.3 is 0 Å². The molecule has 3 heterocycles. The maximum atomic E-state index is 12.4. The Balaban J connectivity index is 1.60. The van der Waals surface area contributed by atoms with Gasteiger partial charge in [0, 0.05) is 55.0 Å². The predicted molar refractivity (Wildman–Crippen MR) is 141 cm³/mol. The van der Waals surface area contributed by atoms with Crippen molar-refractivity contribution in [3.05, 3.63) is 72.3 Å². The fourth-order valence-electron chi connectivity index (χ4n) is 4.13. The van der Waals surface area contributed by atoms with Crippen LogP contribution in [-0.4, -0.2) is 46.0 Å². The number of hydrogen-bond donors (Lipinski definition) is 3. The van der Waals surface area contributed by atoms with Gasteiger partial charge in [-0.1, -0.05) is 32.0 Å². The van der Waals surface area contributed by atoms with Gasteiger partial charge in [-0.25, -0.2) is 15.0 Å². The van der Waals surface area contributed by atoms with Crippen LogP contribution >= 0.6 is 0 Å². The normalized spacial score (nSPS) is 12.7. The number of aromatic nitrogens is 4. The summed E-state index contributed by atoms with van der Waals surface area (Å²) in [6.07, 6.45) is 5.95. The van der Waals surface area contributed by atoms with Crippen molar-refractivity contribution >= 4 is 28.4 Å². The Bertz CT molecular complexity index is 1320. The average Bonchev–Trinajstić information content (AvgIpc) is 2.91. The first-order valence-corrected chi connectivity index (χ1v) is 11.9. The lowest BCUT2D eigenvalue weighted by molar-refractivity contribution is 0.0964. The Hall–Kier alpha value is -4.07. The fourth-order valence-corrected chi connectivity index (χ4v) is 4.13. The first-order chi connectivity index (χ1) is 17.0. The summed E-state index contributed by atoms with van der Waals surface area (Å²) in [6, 6.07) is 13.7. The molecule has 8 nitrogen and oxygen atoms in total. The maximum Gasteiger partial charge on any atom is 0.251 e. The van der Waals surface area contributed by atoms with E-state index in [2.05, 4.69) is 55.8 Å². The molecule has 180 valence electrons. The van der Waals surface area contributed by atoms with Crippen LogP contribution in [0, 0.1) is 0 Å². The molecule has 1 atom stereocenters. The summed E-state index contributed by atoms with van der Waals surface area (Å²) >= 11 is 0. The van der Waals surface area contributed by atoms with E-state index in [0.717, 1.165) is 52.3 Å². The van der Waals surface area contributed by atoms with Gasteiger partial charge in [-0.2, -0.15) is 0 Å². The predicted octanol–water partition coefficient (Wildman–Crippen LogP) is 4.66. The second kappa shape index (κ2) is 10.5. The first kappa shape index (κ1) is 24.1. The molecular weight excluding hydrogens is 438 g/mol. The third-order valence-electron chi connectivity index (χ3n) is 6.42. The van der Waals surface area contributed by atoms with Gasteiger partial charge in [0.2, 0.25) is 0 Å². The molecular formula is C27H31N7O. The average molecular weight is 470 g/mol. The number of carbonyl (C=O) groups is 1. The second-order valence-corrected chi connectivity index (χ2v) is 8.66. The van der Waals surface area contributed by atoms with Crippen LogP contribution < -0.4 is 16.0 Å². The van der Waals surface area contributed by atoms with E-state index >= 15 is 0 Å². The third kappa shape index (κ3) is 5.06. The second-order valence-electron chi connectivity index (χ2n) is 8.66. The highest BCUT2D eigenvalue weighted by atomic mass is 16.1. The van der Waals surface area contributed by atoms with Gasteiger partial charge in [-0.3, -0.25) is 9.78 Å². The number of nitrogens with one attached hydrogen (secondary N) is 3. The molecule has 0 aliphatic carbocycles. The van der Waals surface area contributed by atoms with E-state index in [0.29, 0.717) is 12.1 Å². The number of para-hydroxylation sites is 1. The van der Waals surface area contributed by atoms with Gasteiger partial charge < -0.3 is 16.0 Å². The summed E-state index contributed by atoms with van der Waals surface area (Å²) in [5.74, 6) is 1.46. The van der Waals surface area contributed by atoms with Crippen LogP contribution in [0.5, 0.6) is 0 Å². The van der Waals surface area contributed by atoms with Crippen LogP contribution in [-0.2, 0) is 5.41 Å². The van der Waals surface area contributed by atoms with Crippen molar-refractivity contribution in [2.75, 3.05) is 30.8 Å². The van der Waals surface area contributed by atoms with Crippen LogP contribution in [0.25, 0.3) is 22.2 Å². The standard InChI is InChI=1S/C27H31N7O/c1-5-27(3,21-9-7-8-19-20(26(35)28-4)12-13-30-25(19)21)16-32-24-14-22(33-17-34-24)18-10-11-23(29-6-2)31-15-18/h7-15,17H,5-6,16H2,1-4H3,(H,28,35)(H,29,31)(H,32,33,34)/t27-/m1/s1. The fraction of sp³-hybridized carbons (Fsp3) is 0.296. The van der Waals surface area contributed by atoms with Gasteiger partial charge in [-0.15, -0.1) is 0 Å². The minimum absolute atomic E-state index is 0.118. The van der Waals surface area contributed by atoms with E-state index in [1.165, 1.54) is 0 Å². The molecule has 0 fully saturated rings. The molecule has 1 amide bonds. The minimum atomic E-state index is -0.242. The number of carbonyl (C=O) groups excluding carboxylic acids is 1. The maximum absolute atomic E-state index is 12.4. The zero-order valence-electron chi connectivity index (χ0n) is 20.6. The molecule has 0 radical (unpaired) electrons. The Labute approximate surface area is 205 Å². The van der Waals surface area contributed by atoms with E-state index in [9.17, 15) is 4.79 Å². The minimum Gasteiger partial charge on any atom is -0.370 e. The molecule has 0 aliphatic rings. The number of fused-ring (bicyclic) bond motifs is 1. The highest BCUT2D eigenvalue weighted by Gasteiger charge is 2.28. The summed E-state index contributed by atoms with van der Waals surface area (Å²) in [5.41, 5.74) is 4.05. The van der Waals surface area contributed by atoms with Crippen molar-refractivity contribution in [2.24, 2.45) is 0 Å².